The molecular formula is C29H41N5O6S. The Labute approximate surface area is 244 Å². The third kappa shape index (κ3) is 8.04. The lowest BCUT2D eigenvalue weighted by Crippen LogP contribution is -2.60. The van der Waals surface area contributed by atoms with Gasteiger partial charge in [0.15, 0.2) is 6.10 Å². The Morgan fingerprint density at radius 3 is 2.27 bits per heavy atom. The van der Waals surface area contributed by atoms with Crippen LogP contribution in [-0.4, -0.2) is 69.6 Å². The molecule has 0 spiro atoms. The summed E-state index contributed by atoms with van der Waals surface area (Å²) in [6, 6.07) is 5.80. The monoisotopic (exact) mass is 587 g/mol. The fourth-order valence-corrected chi connectivity index (χ4v) is 5.55. The molecule has 5 N–H and O–H groups in total. The van der Waals surface area contributed by atoms with Crippen LogP contribution in [0.25, 0.3) is 10.4 Å². The number of ether oxygens (including phenoxy) is 1. The van der Waals surface area contributed by atoms with Gasteiger partial charge in [0.1, 0.15) is 12.1 Å². The predicted octanol–water partition coefficient (Wildman–Crippen LogP) is 2.74. The van der Waals surface area contributed by atoms with Crippen molar-refractivity contribution in [2.75, 3.05) is 6.54 Å². The number of aryl methyl sites for hydroxylation is 1. The molecule has 1 saturated heterocycles. The number of aliphatic hydroxyl groups is 1. The molecule has 4 amide bonds. The standard InChI is InChI=1S/C29H41N5O6S/c1-16-21(41-15-32-16)18-10-8-17(9-11-18)13-31-24(36)20-12-19(35)14-34(20)26(38)22(28(2,3)4)33-25(37)23(29(5,6)7)40-27(30)39/h8-11,15,19-20,22-23,35H,12-14H2,1-7H3,(H2,30,39)(H,31,36)(H,33,37)/t19-,20+,22-,23?/m1/s1. The smallest absolute Gasteiger partial charge is 0.405 e. The number of nitrogens with one attached hydrogen (secondary N) is 2. The van der Waals surface area contributed by atoms with Gasteiger partial charge < -0.3 is 31.1 Å². The molecule has 0 bridgehead atoms. The maximum Gasteiger partial charge on any atom is 0.405 e. The van der Waals surface area contributed by atoms with Crippen molar-refractivity contribution in [2.24, 2.45) is 16.6 Å². The Morgan fingerprint density at radius 1 is 1.12 bits per heavy atom. The van der Waals surface area contributed by atoms with E-state index in [-0.39, 0.29) is 19.5 Å². The van der Waals surface area contributed by atoms with Gasteiger partial charge in [-0.25, -0.2) is 9.78 Å². The van der Waals surface area contributed by atoms with Gasteiger partial charge in [0.2, 0.25) is 11.8 Å². The van der Waals surface area contributed by atoms with Crippen LogP contribution in [0.1, 0.15) is 59.2 Å². The van der Waals surface area contributed by atoms with E-state index in [0.29, 0.717) is 0 Å². The zero-order valence-electron chi connectivity index (χ0n) is 24.7. The van der Waals surface area contributed by atoms with Crippen LogP contribution in [0.4, 0.5) is 4.79 Å². The highest BCUT2D eigenvalue weighted by Crippen LogP contribution is 2.29. The van der Waals surface area contributed by atoms with Gasteiger partial charge in [-0.1, -0.05) is 65.8 Å². The quantitative estimate of drug-likeness (QED) is 0.369. The van der Waals surface area contributed by atoms with E-state index < -0.39 is 58.9 Å². The molecule has 1 aromatic carbocycles. The number of nitrogens with two attached hydrogens (primary N) is 1. The van der Waals surface area contributed by atoms with Crippen LogP contribution in [-0.2, 0) is 25.7 Å². The van der Waals surface area contributed by atoms with Gasteiger partial charge in [-0.3, -0.25) is 14.4 Å². The van der Waals surface area contributed by atoms with Crippen molar-refractivity contribution in [3.63, 3.8) is 0 Å². The zero-order valence-corrected chi connectivity index (χ0v) is 25.5. The molecule has 1 fully saturated rings. The average Bonchev–Trinajstić information content (AvgIpc) is 3.48. The third-order valence-corrected chi connectivity index (χ3v) is 7.93. The van der Waals surface area contributed by atoms with Gasteiger partial charge in [-0.15, -0.1) is 11.3 Å². The first-order valence-corrected chi connectivity index (χ1v) is 14.4. The van der Waals surface area contributed by atoms with Gasteiger partial charge in [-0.05, 0) is 23.5 Å². The molecule has 1 aliphatic heterocycles. The molecule has 224 valence electrons. The molecular weight excluding hydrogens is 546 g/mol. The molecule has 1 aromatic heterocycles. The molecule has 11 nitrogen and oxygen atoms in total. The van der Waals surface area contributed by atoms with Crippen molar-refractivity contribution in [1.29, 1.82) is 0 Å². The molecule has 0 radical (unpaired) electrons. The van der Waals surface area contributed by atoms with Gasteiger partial charge in [0.25, 0.3) is 5.91 Å². The first-order valence-electron chi connectivity index (χ1n) is 13.5. The molecule has 1 unspecified atom stereocenters. The number of primary amides is 1. The average molecular weight is 588 g/mol. The predicted molar refractivity (Wildman–Crippen MR) is 156 cm³/mol. The minimum atomic E-state index is -1.24. The van der Waals surface area contributed by atoms with Crippen molar-refractivity contribution in [1.82, 2.24) is 20.5 Å². The summed E-state index contributed by atoms with van der Waals surface area (Å²) in [5.74, 6) is -1.60. The van der Waals surface area contributed by atoms with E-state index in [0.717, 1.165) is 21.7 Å². The summed E-state index contributed by atoms with van der Waals surface area (Å²) in [5.41, 5.74) is 8.30. The first kappa shape index (κ1) is 32.0. The van der Waals surface area contributed by atoms with E-state index in [1.54, 1.807) is 58.4 Å². The van der Waals surface area contributed by atoms with Crippen LogP contribution in [0, 0.1) is 17.8 Å². The molecule has 3 rings (SSSR count). The summed E-state index contributed by atoms with van der Waals surface area (Å²) in [6.07, 6.45) is -3.17. The fraction of sp³-hybridized carbons (Fsp3) is 0.552. The maximum atomic E-state index is 13.8. The van der Waals surface area contributed by atoms with Crippen molar-refractivity contribution in [2.45, 2.75) is 85.7 Å². The Kier molecular flexibility index (Phi) is 9.81. The molecule has 2 heterocycles. The van der Waals surface area contributed by atoms with Crippen LogP contribution in [0.3, 0.4) is 0 Å². The van der Waals surface area contributed by atoms with Crippen molar-refractivity contribution < 1.29 is 29.0 Å². The zero-order chi connectivity index (χ0) is 30.7. The number of likely N-dealkylation sites (tertiary alicyclic amines) is 1. The number of carbonyl (C=O) groups excluding carboxylic acids is 4. The summed E-state index contributed by atoms with van der Waals surface area (Å²) in [6.45, 7) is 12.6. The first-order chi connectivity index (χ1) is 19.0. The normalized spacial score (nSPS) is 18.9. The van der Waals surface area contributed by atoms with E-state index in [1.807, 2.05) is 31.2 Å². The number of aromatic nitrogens is 1. The van der Waals surface area contributed by atoms with Gasteiger partial charge in [0, 0.05) is 24.9 Å². The molecule has 2 aromatic rings. The summed E-state index contributed by atoms with van der Waals surface area (Å²) < 4.78 is 5.08. The minimum Gasteiger partial charge on any atom is -0.436 e. The van der Waals surface area contributed by atoms with E-state index in [4.69, 9.17) is 10.5 Å². The second-order valence-electron chi connectivity index (χ2n) is 12.6. The second kappa shape index (κ2) is 12.6. The second-order valence-corrected chi connectivity index (χ2v) is 13.4. The van der Waals surface area contributed by atoms with Crippen LogP contribution in [0.5, 0.6) is 0 Å². The van der Waals surface area contributed by atoms with Crippen LogP contribution in [0.2, 0.25) is 0 Å². The number of hydrogen-bond acceptors (Lipinski definition) is 8. The number of hydrogen-bond donors (Lipinski definition) is 4. The van der Waals surface area contributed by atoms with Crippen molar-refractivity contribution in [3.8, 4) is 10.4 Å². The molecule has 41 heavy (non-hydrogen) atoms. The summed E-state index contributed by atoms with van der Waals surface area (Å²) in [7, 11) is 0. The highest BCUT2D eigenvalue weighted by molar-refractivity contribution is 7.13. The number of aliphatic hydroxyl groups excluding tert-OH is 1. The molecule has 1 aliphatic rings. The van der Waals surface area contributed by atoms with Crippen molar-refractivity contribution >= 4 is 35.2 Å². The summed E-state index contributed by atoms with van der Waals surface area (Å²) >= 11 is 1.56. The molecule has 4 atom stereocenters. The van der Waals surface area contributed by atoms with Crippen LogP contribution >= 0.6 is 11.3 Å². The Bertz CT molecular complexity index is 1260. The molecule has 0 aliphatic carbocycles. The highest BCUT2D eigenvalue weighted by atomic mass is 32.1. The van der Waals surface area contributed by atoms with E-state index >= 15 is 0 Å². The van der Waals surface area contributed by atoms with Crippen molar-refractivity contribution in [3.05, 3.63) is 41.0 Å². The van der Waals surface area contributed by atoms with Crippen LogP contribution < -0.4 is 16.4 Å². The largest absolute Gasteiger partial charge is 0.436 e. The fourth-order valence-electron chi connectivity index (χ4n) is 4.74. The number of benzene rings is 1. The highest BCUT2D eigenvalue weighted by Gasteiger charge is 2.46. The Morgan fingerprint density at radius 2 is 1.76 bits per heavy atom. The third-order valence-electron chi connectivity index (χ3n) is 6.95. The number of rotatable bonds is 8. The summed E-state index contributed by atoms with van der Waals surface area (Å²) in [4.78, 5) is 58.4. The number of amides is 4. The lowest BCUT2D eigenvalue weighted by Gasteiger charge is -2.37. The van der Waals surface area contributed by atoms with E-state index in [1.165, 1.54) is 4.90 Å². The SMILES string of the molecule is Cc1ncsc1-c1ccc(CNC(=O)[C@@H]2C[C@@H](O)CN2C(=O)[C@@H](NC(=O)C(OC(N)=O)C(C)(C)C)C(C)(C)C)cc1. The molecule has 0 saturated carbocycles. The number of thiazole rings is 1. The van der Waals surface area contributed by atoms with E-state index in [2.05, 4.69) is 15.6 Å². The topological polar surface area (TPSA) is 164 Å². The van der Waals surface area contributed by atoms with Crippen LogP contribution in [0.15, 0.2) is 29.8 Å². The minimum absolute atomic E-state index is 0.0528. The van der Waals surface area contributed by atoms with Gasteiger partial charge >= 0.3 is 6.09 Å². The molecule has 12 heteroatoms. The van der Waals surface area contributed by atoms with E-state index in [9.17, 15) is 24.3 Å². The van der Waals surface area contributed by atoms with Gasteiger partial charge in [-0.2, -0.15) is 0 Å². The maximum absolute atomic E-state index is 13.8. The Balaban J connectivity index is 1.73. The number of carbonyl (C=O) groups is 4. The lowest BCUT2D eigenvalue weighted by molar-refractivity contribution is -0.146. The number of β-amino-alcohol motifs (C(OH)–C–C–N with tert-alkyl or cyclic N) is 1. The lowest BCUT2D eigenvalue weighted by atomic mass is 9.84. The Hall–Kier alpha value is -3.51. The number of nitrogens with zero attached hydrogens (tertiary/aromatic N) is 2. The van der Waals surface area contributed by atoms with Gasteiger partial charge in [0.05, 0.1) is 22.2 Å². The summed E-state index contributed by atoms with van der Waals surface area (Å²) in [5, 5.41) is 16.0.